The van der Waals surface area contributed by atoms with Crippen LogP contribution in [0.5, 0.6) is 5.75 Å². The first-order chi connectivity index (χ1) is 10.7. The van der Waals surface area contributed by atoms with Gasteiger partial charge in [-0.1, -0.05) is 6.92 Å². The van der Waals surface area contributed by atoms with Gasteiger partial charge in [0, 0.05) is 18.7 Å². The van der Waals surface area contributed by atoms with E-state index >= 15 is 0 Å². The molecular weight excluding hydrogens is 516 g/mol. The van der Waals surface area contributed by atoms with E-state index in [4.69, 9.17) is 9.47 Å². The maximum absolute atomic E-state index is 11.7. The molecule has 0 N–H and O–H groups in total. The monoisotopic (exact) mass is 541 g/mol. The largest absolute Gasteiger partial charge is 2.00 e. The van der Waals surface area contributed by atoms with Crippen LogP contribution < -0.4 is 4.74 Å². The van der Waals surface area contributed by atoms with Gasteiger partial charge < -0.3 is 21.3 Å². The number of benzene rings is 1. The summed E-state index contributed by atoms with van der Waals surface area (Å²) in [5.74, 6) is 0.503. The van der Waals surface area contributed by atoms with Gasteiger partial charge in [-0.25, -0.2) is 0 Å². The van der Waals surface area contributed by atoms with E-state index in [0.29, 0.717) is 18.8 Å². The summed E-state index contributed by atoms with van der Waals surface area (Å²) < 4.78 is 10.9. The summed E-state index contributed by atoms with van der Waals surface area (Å²) in [6.45, 7) is 9.09. The van der Waals surface area contributed by atoms with Crippen LogP contribution in [-0.2, 0) is 9.53 Å². The Bertz CT molecular complexity index is 458. The fourth-order valence-electron chi connectivity index (χ4n) is 2.66. The normalized spacial score (nSPS) is 15.7. The molecule has 1 fully saturated rings. The summed E-state index contributed by atoms with van der Waals surface area (Å²) >= 11 is 0. The number of hydrogen-bond donors (Lipinski definition) is 0. The number of carbonyl (C=O) groups excluding carboxylic acids is 1. The zero-order valence-electron chi connectivity index (χ0n) is 13.8. The van der Waals surface area contributed by atoms with Crippen LogP contribution in [0.1, 0.15) is 44.3 Å². The Morgan fingerprint density at radius 2 is 2.13 bits per heavy atom. The molecule has 1 aromatic rings. The third-order valence-corrected chi connectivity index (χ3v) is 3.91. The van der Waals surface area contributed by atoms with Gasteiger partial charge in [-0.2, -0.15) is 12.1 Å². The van der Waals surface area contributed by atoms with E-state index in [1.165, 1.54) is 12.8 Å². The molecule has 124 valence electrons. The number of hydrogen-bond acceptors (Lipinski definition) is 4. The summed E-state index contributed by atoms with van der Waals surface area (Å²) in [6.07, 6.45) is 3.54. The molecule has 1 saturated heterocycles. The van der Waals surface area contributed by atoms with Crippen LogP contribution in [0, 0.1) is 44.1 Å². The molecule has 5 heteroatoms. The number of esters is 1. The maximum Gasteiger partial charge on any atom is 2.00 e. The Labute approximate surface area is 163 Å². The molecule has 23 heavy (non-hydrogen) atoms. The fraction of sp³-hybridized carbons (Fsp3) is 0.556. The first kappa shape index (κ1) is 20.5. The first-order valence-corrected chi connectivity index (χ1v) is 8.08. The zero-order valence-corrected chi connectivity index (χ0v) is 18.0. The van der Waals surface area contributed by atoms with Crippen molar-refractivity contribution in [2.24, 2.45) is 0 Å². The Balaban J connectivity index is 0.00000264. The van der Waals surface area contributed by atoms with Crippen molar-refractivity contribution >= 4 is 5.97 Å². The van der Waals surface area contributed by atoms with Gasteiger partial charge in [-0.15, -0.1) is 17.7 Å². The number of nitrogens with zero attached hydrogens (tertiary/aromatic N) is 1. The van der Waals surface area contributed by atoms with Crippen molar-refractivity contribution in [1.82, 2.24) is 4.90 Å². The molecule has 0 aromatic heterocycles. The van der Waals surface area contributed by atoms with Crippen molar-refractivity contribution in [1.29, 1.82) is 0 Å². The van der Waals surface area contributed by atoms with Gasteiger partial charge in [-0.3, -0.25) is 4.79 Å². The van der Waals surface area contributed by atoms with Gasteiger partial charge in [0.25, 0.3) is 0 Å². The third-order valence-electron chi connectivity index (χ3n) is 3.91. The molecule has 0 bridgehead atoms. The van der Waals surface area contributed by atoms with Gasteiger partial charge in [0.1, 0.15) is 0 Å². The second-order valence-corrected chi connectivity index (χ2v) is 5.50. The number of carbonyl (C=O) groups is 1. The molecule has 0 amide bonds. The molecule has 2 rings (SSSR count). The van der Waals surface area contributed by atoms with Crippen molar-refractivity contribution < 1.29 is 45.4 Å². The zero-order chi connectivity index (χ0) is 15.8. The topological polar surface area (TPSA) is 38.8 Å². The molecule has 0 aliphatic carbocycles. The molecular formula is C18H25NO3U. The molecule has 4 nitrogen and oxygen atoms in total. The van der Waals surface area contributed by atoms with Crippen molar-refractivity contribution in [3.05, 3.63) is 36.8 Å². The van der Waals surface area contributed by atoms with Crippen molar-refractivity contribution in [2.45, 2.75) is 38.7 Å². The van der Waals surface area contributed by atoms with E-state index in [0.717, 1.165) is 31.6 Å². The van der Waals surface area contributed by atoms with Crippen LogP contribution in [0.4, 0.5) is 0 Å². The Morgan fingerprint density at radius 1 is 1.39 bits per heavy atom. The molecule has 0 radical (unpaired) electrons. The Kier molecular flexibility index (Phi) is 9.94. The van der Waals surface area contributed by atoms with Crippen molar-refractivity contribution in [3.63, 3.8) is 0 Å². The summed E-state index contributed by atoms with van der Waals surface area (Å²) in [7, 11) is 0. The Morgan fingerprint density at radius 3 is 2.70 bits per heavy atom. The van der Waals surface area contributed by atoms with Gasteiger partial charge >= 0.3 is 37.1 Å². The molecule has 1 aliphatic heterocycles. The average molecular weight is 541 g/mol. The van der Waals surface area contributed by atoms with Crippen LogP contribution in [-0.4, -0.2) is 37.1 Å². The molecule has 1 atom stereocenters. The minimum atomic E-state index is -0.210. The van der Waals surface area contributed by atoms with Gasteiger partial charge in [0.15, 0.2) is 0 Å². The summed E-state index contributed by atoms with van der Waals surface area (Å²) in [4.78, 5) is 14.1. The van der Waals surface area contributed by atoms with E-state index in [2.05, 4.69) is 17.9 Å². The third kappa shape index (κ3) is 6.87. The minimum absolute atomic E-state index is 0. The second kappa shape index (κ2) is 11.1. The van der Waals surface area contributed by atoms with Crippen LogP contribution in [0.2, 0.25) is 0 Å². The van der Waals surface area contributed by atoms with E-state index in [1.54, 1.807) is 0 Å². The minimum Gasteiger partial charge on any atom is -0.551 e. The summed E-state index contributed by atoms with van der Waals surface area (Å²) in [5, 5.41) is 0. The molecule has 0 saturated carbocycles. The number of rotatable bonds is 8. The fourth-order valence-corrected chi connectivity index (χ4v) is 2.66. The van der Waals surface area contributed by atoms with E-state index in [-0.39, 0.29) is 43.2 Å². The van der Waals surface area contributed by atoms with E-state index in [9.17, 15) is 4.79 Å². The average Bonchev–Trinajstić information content (AvgIpc) is 3.05. The number of likely N-dealkylation sites (tertiary alicyclic amines) is 1. The van der Waals surface area contributed by atoms with Crippen molar-refractivity contribution in [2.75, 3.05) is 26.2 Å². The standard InChI is InChI=1S/C18H25NO3.U/c1-3-18(20)22-17(11-14-19-12-5-6-13-19)15-7-9-16(10-8-15)21-4-2;/h7-9,17H,2-6,11-14H2,1H3;/q-2;+2/t17-;/m0./s1. The number of ether oxygens (including phenoxy) is 2. The molecule has 1 aromatic carbocycles. The van der Waals surface area contributed by atoms with Crippen LogP contribution >= 0.6 is 0 Å². The van der Waals surface area contributed by atoms with E-state index in [1.807, 2.05) is 25.1 Å². The predicted octanol–water partition coefficient (Wildman–Crippen LogP) is 3.18. The first-order valence-electron chi connectivity index (χ1n) is 8.08. The van der Waals surface area contributed by atoms with Crippen LogP contribution in [0.25, 0.3) is 0 Å². The smallest absolute Gasteiger partial charge is 0.551 e. The summed E-state index contributed by atoms with van der Waals surface area (Å²) in [6, 6.07) is 8.71. The quantitative estimate of drug-likeness (QED) is 0.375. The van der Waals surface area contributed by atoms with Gasteiger partial charge in [0.2, 0.25) is 0 Å². The SMILES string of the molecule is [CH2-]COc1[c-]cc([C@H](CCN2CCCC2)OC(=O)CC)cc1.[U+2]. The molecule has 1 heterocycles. The predicted molar refractivity (Wildman–Crippen MR) is 85.5 cm³/mol. The van der Waals surface area contributed by atoms with E-state index < -0.39 is 0 Å². The van der Waals surface area contributed by atoms with Gasteiger partial charge in [-0.05, 0) is 39.0 Å². The summed E-state index contributed by atoms with van der Waals surface area (Å²) in [5.41, 5.74) is 0.970. The molecule has 0 spiro atoms. The Hall–Kier alpha value is -0.498. The maximum atomic E-state index is 11.7. The van der Waals surface area contributed by atoms with Crippen molar-refractivity contribution in [3.8, 4) is 5.75 Å². The van der Waals surface area contributed by atoms with Crippen LogP contribution in [0.3, 0.4) is 0 Å². The second-order valence-electron chi connectivity index (χ2n) is 5.50. The molecule has 1 aliphatic rings. The van der Waals surface area contributed by atoms with Gasteiger partial charge in [0.05, 0.1) is 6.10 Å². The van der Waals surface area contributed by atoms with Crippen LogP contribution in [0.15, 0.2) is 18.2 Å². The molecule has 0 unspecified atom stereocenters.